The Bertz CT molecular complexity index is 456. The molecule has 0 N–H and O–H groups in total. The molecule has 0 radical (unpaired) electrons. The zero-order valence-electron chi connectivity index (χ0n) is 9.18. The Labute approximate surface area is 89.6 Å². The van der Waals surface area contributed by atoms with Crippen LogP contribution in [0.2, 0.25) is 0 Å². The van der Waals surface area contributed by atoms with Crippen LogP contribution in [0.15, 0.2) is 6.20 Å². The second-order valence-electron chi connectivity index (χ2n) is 3.42. The van der Waals surface area contributed by atoms with Crippen molar-refractivity contribution in [1.29, 1.82) is 0 Å². The SMILES string of the molecule is Cc1cnc(C)c(C(C)OS(C)(=O)=O)n1. The third-order valence-corrected chi connectivity index (χ3v) is 2.45. The molecule has 1 rings (SSSR count). The summed E-state index contributed by atoms with van der Waals surface area (Å²) >= 11 is 0. The molecule has 1 aromatic rings. The van der Waals surface area contributed by atoms with Crippen LogP contribution in [0, 0.1) is 13.8 Å². The van der Waals surface area contributed by atoms with Crippen molar-refractivity contribution in [2.24, 2.45) is 0 Å². The largest absolute Gasteiger partial charge is 0.265 e. The topological polar surface area (TPSA) is 69.2 Å². The van der Waals surface area contributed by atoms with Gasteiger partial charge in [0.1, 0.15) is 6.10 Å². The monoisotopic (exact) mass is 230 g/mol. The minimum Gasteiger partial charge on any atom is -0.261 e. The van der Waals surface area contributed by atoms with Crippen molar-refractivity contribution in [3.8, 4) is 0 Å². The lowest BCUT2D eigenvalue weighted by atomic mass is 10.2. The van der Waals surface area contributed by atoms with Crippen LogP contribution in [0.25, 0.3) is 0 Å². The highest BCUT2D eigenvalue weighted by molar-refractivity contribution is 7.86. The summed E-state index contributed by atoms with van der Waals surface area (Å²) in [6, 6.07) is 0. The van der Waals surface area contributed by atoms with Crippen LogP contribution in [0.1, 0.15) is 30.1 Å². The summed E-state index contributed by atoms with van der Waals surface area (Å²) < 4.78 is 26.7. The fourth-order valence-electron chi connectivity index (χ4n) is 1.25. The van der Waals surface area contributed by atoms with Crippen LogP contribution in [0.3, 0.4) is 0 Å². The Kier molecular flexibility index (Phi) is 3.41. The number of hydrogen-bond acceptors (Lipinski definition) is 5. The number of nitrogens with zero attached hydrogens (tertiary/aromatic N) is 2. The third kappa shape index (κ3) is 3.56. The molecule has 15 heavy (non-hydrogen) atoms. The predicted octanol–water partition coefficient (Wildman–Crippen LogP) is 1.13. The first-order valence-corrected chi connectivity index (χ1v) is 6.29. The van der Waals surface area contributed by atoms with Gasteiger partial charge in [0.2, 0.25) is 0 Å². The van der Waals surface area contributed by atoms with Gasteiger partial charge in [0.05, 0.1) is 23.3 Å². The van der Waals surface area contributed by atoms with E-state index in [1.807, 2.05) is 0 Å². The van der Waals surface area contributed by atoms with Crippen molar-refractivity contribution in [1.82, 2.24) is 9.97 Å². The number of aryl methyl sites for hydroxylation is 2. The Balaban J connectivity index is 3.00. The minimum absolute atomic E-state index is 0.556. The van der Waals surface area contributed by atoms with Crippen LogP contribution in [-0.2, 0) is 14.3 Å². The van der Waals surface area contributed by atoms with Crippen molar-refractivity contribution < 1.29 is 12.6 Å². The maximum atomic E-state index is 10.9. The molecule has 0 aliphatic heterocycles. The summed E-state index contributed by atoms with van der Waals surface area (Å²) in [6.07, 6.45) is 2.04. The van der Waals surface area contributed by atoms with E-state index in [1.165, 1.54) is 0 Å². The van der Waals surface area contributed by atoms with Gasteiger partial charge < -0.3 is 0 Å². The summed E-state index contributed by atoms with van der Waals surface area (Å²) in [4.78, 5) is 8.30. The predicted molar refractivity (Wildman–Crippen MR) is 55.8 cm³/mol. The Hall–Kier alpha value is -1.01. The summed E-state index contributed by atoms with van der Waals surface area (Å²) in [5, 5.41) is 0. The summed E-state index contributed by atoms with van der Waals surface area (Å²) in [7, 11) is -3.47. The lowest BCUT2D eigenvalue weighted by Crippen LogP contribution is -2.11. The molecule has 84 valence electrons. The molecule has 0 amide bonds. The zero-order chi connectivity index (χ0) is 11.6. The Morgan fingerprint density at radius 3 is 2.53 bits per heavy atom. The molecule has 0 fully saturated rings. The van der Waals surface area contributed by atoms with Gasteiger partial charge >= 0.3 is 0 Å². The van der Waals surface area contributed by atoms with Gasteiger partial charge in [-0.2, -0.15) is 8.42 Å². The third-order valence-electron chi connectivity index (χ3n) is 1.82. The molecule has 0 aliphatic carbocycles. The molecule has 5 nitrogen and oxygen atoms in total. The van der Waals surface area contributed by atoms with E-state index in [0.717, 1.165) is 11.9 Å². The van der Waals surface area contributed by atoms with Gasteiger partial charge in [-0.1, -0.05) is 0 Å². The van der Waals surface area contributed by atoms with Crippen LogP contribution in [0.5, 0.6) is 0 Å². The van der Waals surface area contributed by atoms with Gasteiger partial charge in [0, 0.05) is 6.20 Å². The lowest BCUT2D eigenvalue weighted by molar-refractivity contribution is 0.230. The molecule has 1 unspecified atom stereocenters. The van der Waals surface area contributed by atoms with E-state index in [-0.39, 0.29) is 0 Å². The standard InChI is InChI=1S/C9H14N2O3S/c1-6-5-10-7(2)9(11-6)8(3)14-15(4,12)13/h5,8H,1-4H3. The first kappa shape index (κ1) is 12.1. The Morgan fingerprint density at radius 2 is 2.00 bits per heavy atom. The molecule has 0 saturated heterocycles. The van der Waals surface area contributed by atoms with Crippen LogP contribution in [-0.4, -0.2) is 24.6 Å². The van der Waals surface area contributed by atoms with Gasteiger partial charge in [-0.15, -0.1) is 0 Å². The van der Waals surface area contributed by atoms with E-state index in [1.54, 1.807) is 27.0 Å². The maximum Gasteiger partial charge on any atom is 0.265 e. The Morgan fingerprint density at radius 1 is 1.40 bits per heavy atom. The smallest absolute Gasteiger partial charge is 0.261 e. The second kappa shape index (κ2) is 4.24. The molecule has 0 spiro atoms. The average molecular weight is 230 g/mol. The molecular weight excluding hydrogens is 216 g/mol. The van der Waals surface area contributed by atoms with Gasteiger partial charge in [-0.25, -0.2) is 0 Å². The van der Waals surface area contributed by atoms with Gasteiger partial charge in [0.25, 0.3) is 10.1 Å². The second-order valence-corrected chi connectivity index (χ2v) is 5.03. The van der Waals surface area contributed by atoms with E-state index in [0.29, 0.717) is 11.4 Å². The van der Waals surface area contributed by atoms with E-state index < -0.39 is 16.2 Å². The van der Waals surface area contributed by atoms with Crippen molar-refractivity contribution in [3.05, 3.63) is 23.3 Å². The number of aromatic nitrogens is 2. The minimum atomic E-state index is -3.47. The van der Waals surface area contributed by atoms with Crippen LogP contribution in [0.4, 0.5) is 0 Å². The van der Waals surface area contributed by atoms with Crippen molar-refractivity contribution in [2.75, 3.05) is 6.26 Å². The van der Waals surface area contributed by atoms with Crippen molar-refractivity contribution in [2.45, 2.75) is 26.9 Å². The average Bonchev–Trinajstić information content (AvgIpc) is 2.06. The maximum absolute atomic E-state index is 10.9. The highest BCUT2D eigenvalue weighted by Gasteiger charge is 2.16. The van der Waals surface area contributed by atoms with E-state index in [9.17, 15) is 8.42 Å². The fraction of sp³-hybridized carbons (Fsp3) is 0.556. The van der Waals surface area contributed by atoms with E-state index >= 15 is 0 Å². The molecule has 1 heterocycles. The van der Waals surface area contributed by atoms with E-state index in [2.05, 4.69) is 9.97 Å². The van der Waals surface area contributed by atoms with Gasteiger partial charge in [0.15, 0.2) is 0 Å². The van der Waals surface area contributed by atoms with Crippen LogP contribution < -0.4 is 0 Å². The summed E-state index contributed by atoms with van der Waals surface area (Å²) in [5.41, 5.74) is 1.97. The summed E-state index contributed by atoms with van der Waals surface area (Å²) in [5.74, 6) is 0. The quantitative estimate of drug-likeness (QED) is 0.728. The van der Waals surface area contributed by atoms with Gasteiger partial charge in [-0.05, 0) is 20.8 Å². The molecule has 6 heteroatoms. The molecule has 1 atom stereocenters. The number of rotatable bonds is 3. The molecule has 0 aliphatic rings. The van der Waals surface area contributed by atoms with Crippen LogP contribution >= 0.6 is 0 Å². The van der Waals surface area contributed by atoms with Crippen molar-refractivity contribution in [3.63, 3.8) is 0 Å². The lowest BCUT2D eigenvalue weighted by Gasteiger charge is -2.12. The zero-order valence-corrected chi connectivity index (χ0v) is 10.00. The molecule has 1 aromatic heterocycles. The fourth-order valence-corrected chi connectivity index (χ4v) is 1.86. The van der Waals surface area contributed by atoms with Gasteiger partial charge in [-0.3, -0.25) is 14.2 Å². The molecule has 0 saturated carbocycles. The highest BCUT2D eigenvalue weighted by atomic mass is 32.2. The number of hydrogen-bond donors (Lipinski definition) is 0. The first-order valence-electron chi connectivity index (χ1n) is 4.48. The molecule has 0 aromatic carbocycles. The first-order chi connectivity index (χ1) is 6.79. The molecule has 0 bridgehead atoms. The summed E-state index contributed by atoms with van der Waals surface area (Å²) in [6.45, 7) is 5.20. The molecular formula is C9H14N2O3S. The van der Waals surface area contributed by atoms with Crippen molar-refractivity contribution >= 4 is 10.1 Å². The normalized spacial score (nSPS) is 13.9. The van der Waals surface area contributed by atoms with E-state index in [4.69, 9.17) is 4.18 Å². The highest BCUT2D eigenvalue weighted by Crippen LogP contribution is 2.18.